The summed E-state index contributed by atoms with van der Waals surface area (Å²) in [5.74, 6) is -2.84. The number of hydrogen-bond acceptors (Lipinski definition) is 5. The van der Waals surface area contributed by atoms with Gasteiger partial charge >= 0.3 is 0 Å². The van der Waals surface area contributed by atoms with Crippen LogP contribution in [0.3, 0.4) is 0 Å². The minimum absolute atomic E-state index is 0.0194. The Balaban J connectivity index is 1.35. The van der Waals surface area contributed by atoms with E-state index >= 15 is 0 Å². The maximum absolute atomic E-state index is 14.0. The summed E-state index contributed by atoms with van der Waals surface area (Å²) in [4.78, 5) is 67.2. The van der Waals surface area contributed by atoms with Crippen LogP contribution in [0, 0.1) is 17.8 Å². The van der Waals surface area contributed by atoms with E-state index in [1.54, 1.807) is 0 Å². The molecular weight excluding hydrogens is 556 g/mol. The number of nitrogens with zero attached hydrogens (tertiary/aromatic N) is 1. The van der Waals surface area contributed by atoms with Gasteiger partial charge in [-0.1, -0.05) is 69.6 Å². The smallest absolute Gasteiger partial charge is 0.289 e. The Labute approximate surface area is 260 Å². The lowest BCUT2D eigenvalue weighted by molar-refractivity contribution is -0.142. The van der Waals surface area contributed by atoms with Crippen molar-refractivity contribution in [1.29, 1.82) is 0 Å². The molecule has 1 aromatic heterocycles. The number of hydrogen-bond donors (Lipinski definition) is 3. The maximum Gasteiger partial charge on any atom is 0.289 e. The van der Waals surface area contributed by atoms with Gasteiger partial charge in [0.2, 0.25) is 17.6 Å². The van der Waals surface area contributed by atoms with Gasteiger partial charge in [0.05, 0.1) is 11.7 Å². The molecule has 0 radical (unpaired) electrons. The van der Waals surface area contributed by atoms with Crippen molar-refractivity contribution >= 4 is 40.2 Å². The summed E-state index contributed by atoms with van der Waals surface area (Å²) in [5.41, 5.74) is 1.50. The molecule has 5 rings (SSSR count). The van der Waals surface area contributed by atoms with E-state index in [2.05, 4.69) is 16.0 Å². The third-order valence-corrected chi connectivity index (χ3v) is 10.1. The van der Waals surface area contributed by atoms with Crippen LogP contribution < -0.4 is 16.0 Å². The van der Waals surface area contributed by atoms with Gasteiger partial charge in [0, 0.05) is 48.8 Å². The summed E-state index contributed by atoms with van der Waals surface area (Å²) in [7, 11) is 1.86. The van der Waals surface area contributed by atoms with E-state index < -0.39 is 29.6 Å². The molecule has 3 aliphatic rings. The molecule has 1 aliphatic heterocycles. The Kier molecular flexibility index (Phi) is 10.9. The summed E-state index contributed by atoms with van der Waals surface area (Å²) in [6.45, 7) is 0.586. The highest BCUT2D eigenvalue weighted by Crippen LogP contribution is 2.32. The summed E-state index contributed by atoms with van der Waals surface area (Å²) >= 11 is 0. The zero-order valence-corrected chi connectivity index (χ0v) is 26.1. The number of Topliss-reactive ketones (excluding diaryl/α,β-unsaturated/α-hetero) is 2. The number of rotatable bonds is 12. The second kappa shape index (κ2) is 15.0. The number of nitrogens with one attached hydrogen (secondary N) is 3. The molecule has 3 N–H and O–H groups in total. The van der Waals surface area contributed by atoms with Gasteiger partial charge in [-0.2, -0.15) is 0 Å². The molecular formula is C35H48N4O5. The molecule has 2 aliphatic carbocycles. The van der Waals surface area contributed by atoms with Crippen molar-refractivity contribution in [3.05, 3.63) is 36.0 Å². The quantitative estimate of drug-likeness (QED) is 0.238. The lowest BCUT2D eigenvalue weighted by atomic mass is 9.80. The molecule has 0 bridgehead atoms. The molecule has 0 spiro atoms. The highest BCUT2D eigenvalue weighted by Gasteiger charge is 2.36. The topological polar surface area (TPSA) is 126 Å². The van der Waals surface area contributed by atoms with Gasteiger partial charge in [0.1, 0.15) is 0 Å². The van der Waals surface area contributed by atoms with Gasteiger partial charge in [0.15, 0.2) is 5.78 Å². The number of aromatic nitrogens is 1. The summed E-state index contributed by atoms with van der Waals surface area (Å²) < 4.78 is 1.87. The molecule has 0 unspecified atom stereocenters. The maximum atomic E-state index is 14.0. The molecule has 44 heavy (non-hydrogen) atoms. The number of benzene rings is 1. The van der Waals surface area contributed by atoms with Gasteiger partial charge in [-0.05, 0) is 56.6 Å². The van der Waals surface area contributed by atoms with E-state index in [0.29, 0.717) is 31.0 Å². The molecule has 1 saturated heterocycles. The second-order valence-corrected chi connectivity index (χ2v) is 13.3. The number of amides is 3. The largest absolute Gasteiger partial charge is 0.356 e. The molecule has 1 aromatic carbocycles. The van der Waals surface area contributed by atoms with E-state index in [1.807, 2.05) is 41.9 Å². The van der Waals surface area contributed by atoms with Gasteiger partial charge in [-0.25, -0.2) is 0 Å². The van der Waals surface area contributed by atoms with Gasteiger partial charge < -0.3 is 20.5 Å². The molecule has 3 fully saturated rings. The molecule has 2 saturated carbocycles. The standard InChI is InChI=1S/C35H48N4O5/c1-39-29-17-9-8-13-24(29)21-30(39)31(40)22-26(19-23-11-4-2-5-12-23)34(43)38-28(20-25-14-10-18-36-33(25)42)32(41)35(44)37-27-15-6-3-7-16-27/h8-9,13,17,21,23,25-28H,2-7,10-12,14-16,18-20,22H2,1H3,(H,36,42)(H,37,44)(H,38,43)/t25-,26+,28-/m0/s1. The Morgan fingerprint density at radius 2 is 1.61 bits per heavy atom. The van der Waals surface area contributed by atoms with Crippen molar-refractivity contribution in [3.63, 3.8) is 0 Å². The molecule has 3 amide bonds. The van der Waals surface area contributed by atoms with Crippen molar-refractivity contribution in [3.8, 4) is 0 Å². The van der Waals surface area contributed by atoms with Crippen LogP contribution in [0.5, 0.6) is 0 Å². The van der Waals surface area contributed by atoms with E-state index in [1.165, 1.54) is 6.42 Å². The summed E-state index contributed by atoms with van der Waals surface area (Å²) in [5, 5.41) is 9.61. The van der Waals surface area contributed by atoms with E-state index in [4.69, 9.17) is 0 Å². The third-order valence-electron chi connectivity index (χ3n) is 10.1. The molecule has 2 aromatic rings. The summed E-state index contributed by atoms with van der Waals surface area (Å²) in [6, 6.07) is 8.50. The van der Waals surface area contributed by atoms with Crippen molar-refractivity contribution in [2.45, 2.75) is 108 Å². The molecule has 238 valence electrons. The van der Waals surface area contributed by atoms with Gasteiger partial charge in [-0.3, -0.25) is 24.0 Å². The van der Waals surface area contributed by atoms with Crippen LogP contribution in [0.15, 0.2) is 30.3 Å². The average Bonchev–Trinajstić information content (AvgIpc) is 3.38. The normalized spacial score (nSPS) is 21.3. The van der Waals surface area contributed by atoms with E-state index in [-0.39, 0.29) is 36.5 Å². The fourth-order valence-corrected chi connectivity index (χ4v) is 7.52. The molecule has 9 heteroatoms. The molecule has 9 nitrogen and oxygen atoms in total. The van der Waals surface area contributed by atoms with Crippen LogP contribution in [-0.2, 0) is 26.2 Å². The average molecular weight is 605 g/mol. The van der Waals surface area contributed by atoms with Gasteiger partial charge in [-0.15, -0.1) is 0 Å². The van der Waals surface area contributed by atoms with Crippen LogP contribution in [0.2, 0.25) is 0 Å². The Hall–Kier alpha value is -3.49. The van der Waals surface area contributed by atoms with Crippen LogP contribution in [-0.4, -0.2) is 52.5 Å². The predicted octanol–water partition coefficient (Wildman–Crippen LogP) is 4.76. The lowest BCUT2D eigenvalue weighted by Gasteiger charge is -2.29. The number of ketones is 2. The minimum atomic E-state index is -1.12. The highest BCUT2D eigenvalue weighted by atomic mass is 16.2. The summed E-state index contributed by atoms with van der Waals surface area (Å²) in [6.07, 6.45) is 12.3. The Morgan fingerprint density at radius 3 is 2.32 bits per heavy atom. The van der Waals surface area contributed by atoms with Crippen molar-refractivity contribution in [1.82, 2.24) is 20.5 Å². The zero-order chi connectivity index (χ0) is 31.1. The number of carbonyl (C=O) groups is 5. The molecule has 2 heterocycles. The molecule has 3 atom stereocenters. The van der Waals surface area contributed by atoms with Crippen molar-refractivity contribution < 1.29 is 24.0 Å². The van der Waals surface area contributed by atoms with Crippen LogP contribution in [0.1, 0.15) is 107 Å². The monoisotopic (exact) mass is 604 g/mol. The predicted molar refractivity (Wildman–Crippen MR) is 169 cm³/mol. The number of piperidine rings is 1. The minimum Gasteiger partial charge on any atom is -0.356 e. The first-order valence-corrected chi connectivity index (χ1v) is 16.8. The Morgan fingerprint density at radius 1 is 0.909 bits per heavy atom. The third kappa shape index (κ3) is 7.96. The van der Waals surface area contributed by atoms with Crippen molar-refractivity contribution in [2.24, 2.45) is 24.8 Å². The number of para-hydroxylation sites is 1. The zero-order valence-electron chi connectivity index (χ0n) is 26.1. The fourth-order valence-electron chi connectivity index (χ4n) is 7.52. The first kappa shape index (κ1) is 31.9. The van der Waals surface area contributed by atoms with Crippen LogP contribution >= 0.6 is 0 Å². The van der Waals surface area contributed by atoms with Crippen molar-refractivity contribution in [2.75, 3.05) is 6.54 Å². The SMILES string of the molecule is Cn1c(C(=O)C[C@@H](CC2CCCCC2)C(=O)N[C@@H](C[C@@H]2CCCNC2=O)C(=O)C(=O)NC2CCCCC2)cc2ccccc21. The number of fused-ring (bicyclic) bond motifs is 1. The Bertz CT molecular complexity index is 1350. The number of aryl methyl sites for hydroxylation is 1. The second-order valence-electron chi connectivity index (χ2n) is 13.3. The first-order chi connectivity index (χ1) is 21.3. The van der Waals surface area contributed by atoms with E-state index in [0.717, 1.165) is 75.1 Å². The van der Waals surface area contributed by atoms with Crippen LogP contribution in [0.4, 0.5) is 0 Å². The van der Waals surface area contributed by atoms with Gasteiger partial charge in [0.25, 0.3) is 5.91 Å². The fraction of sp³-hybridized carbons (Fsp3) is 0.629. The number of carbonyl (C=O) groups excluding carboxylic acids is 5. The lowest BCUT2D eigenvalue weighted by Crippen LogP contribution is -2.53. The van der Waals surface area contributed by atoms with Crippen LogP contribution in [0.25, 0.3) is 10.9 Å². The first-order valence-electron chi connectivity index (χ1n) is 16.8. The highest BCUT2D eigenvalue weighted by molar-refractivity contribution is 6.38. The van der Waals surface area contributed by atoms with E-state index in [9.17, 15) is 24.0 Å².